The zero-order chi connectivity index (χ0) is 14.8. The maximum absolute atomic E-state index is 13.7. The molecule has 0 saturated carbocycles. The van der Waals surface area contributed by atoms with Crippen LogP contribution in [-0.2, 0) is 16.6 Å². The van der Waals surface area contributed by atoms with E-state index in [9.17, 15) is 12.8 Å². The molecule has 106 valence electrons. The molecule has 0 atom stereocenters. The Bertz CT molecular complexity index is 735. The Morgan fingerprint density at radius 2 is 1.90 bits per heavy atom. The Morgan fingerprint density at radius 3 is 2.60 bits per heavy atom. The summed E-state index contributed by atoms with van der Waals surface area (Å²) in [5.41, 5.74) is 5.93. The topological polar surface area (TPSA) is 72.2 Å². The monoisotopic (exact) mass is 314 g/mol. The van der Waals surface area contributed by atoms with Crippen molar-refractivity contribution in [1.82, 2.24) is 0 Å². The van der Waals surface area contributed by atoms with E-state index in [4.69, 9.17) is 17.3 Å². The number of benzene rings is 2. The van der Waals surface area contributed by atoms with Gasteiger partial charge in [0.15, 0.2) is 5.82 Å². The molecule has 0 radical (unpaired) electrons. The van der Waals surface area contributed by atoms with E-state index in [0.29, 0.717) is 5.56 Å². The summed E-state index contributed by atoms with van der Waals surface area (Å²) in [6.45, 7) is 0.217. The number of hydrogen-bond acceptors (Lipinski definition) is 3. The lowest BCUT2D eigenvalue weighted by atomic mass is 10.2. The van der Waals surface area contributed by atoms with Crippen LogP contribution in [0.4, 0.5) is 10.1 Å². The van der Waals surface area contributed by atoms with Gasteiger partial charge in [0.05, 0.1) is 15.6 Å². The molecule has 0 bridgehead atoms. The largest absolute Gasteiger partial charge is 0.326 e. The first-order valence-corrected chi connectivity index (χ1v) is 7.56. The van der Waals surface area contributed by atoms with Gasteiger partial charge in [-0.1, -0.05) is 29.8 Å². The number of nitrogens with two attached hydrogens (primary N) is 1. The van der Waals surface area contributed by atoms with Crippen LogP contribution in [0.1, 0.15) is 5.56 Å². The van der Waals surface area contributed by atoms with E-state index in [0.717, 1.165) is 0 Å². The van der Waals surface area contributed by atoms with Gasteiger partial charge in [0, 0.05) is 6.54 Å². The van der Waals surface area contributed by atoms with Gasteiger partial charge in [0.2, 0.25) is 0 Å². The molecular weight excluding hydrogens is 303 g/mol. The van der Waals surface area contributed by atoms with Crippen LogP contribution >= 0.6 is 11.6 Å². The summed E-state index contributed by atoms with van der Waals surface area (Å²) in [5.74, 6) is -0.812. The smallest absolute Gasteiger partial charge is 0.261 e. The van der Waals surface area contributed by atoms with Crippen molar-refractivity contribution in [3.8, 4) is 0 Å². The molecule has 20 heavy (non-hydrogen) atoms. The third kappa shape index (κ3) is 3.09. The summed E-state index contributed by atoms with van der Waals surface area (Å²) in [5, 5.41) is -0.152. The highest BCUT2D eigenvalue weighted by Crippen LogP contribution is 2.24. The van der Waals surface area contributed by atoms with Crippen LogP contribution in [0.25, 0.3) is 0 Å². The van der Waals surface area contributed by atoms with E-state index < -0.39 is 15.8 Å². The van der Waals surface area contributed by atoms with E-state index in [1.807, 2.05) is 0 Å². The lowest BCUT2D eigenvalue weighted by molar-refractivity contribution is 0.598. The summed E-state index contributed by atoms with van der Waals surface area (Å²) < 4.78 is 40.2. The summed E-state index contributed by atoms with van der Waals surface area (Å²) in [7, 11) is -3.89. The van der Waals surface area contributed by atoms with Gasteiger partial charge >= 0.3 is 0 Å². The van der Waals surface area contributed by atoms with Gasteiger partial charge in [-0.15, -0.1) is 0 Å². The van der Waals surface area contributed by atoms with E-state index in [1.165, 1.54) is 30.3 Å². The van der Waals surface area contributed by atoms with Gasteiger partial charge in [0.25, 0.3) is 10.0 Å². The molecule has 0 unspecified atom stereocenters. The van der Waals surface area contributed by atoms with E-state index in [1.54, 1.807) is 12.1 Å². The summed E-state index contributed by atoms with van der Waals surface area (Å²) in [4.78, 5) is 0.0137. The summed E-state index contributed by atoms with van der Waals surface area (Å²) in [6.07, 6.45) is 0. The molecule has 3 N–H and O–H groups in total. The highest BCUT2D eigenvalue weighted by atomic mass is 35.5. The average Bonchev–Trinajstić information content (AvgIpc) is 2.44. The normalized spacial score (nSPS) is 11.3. The molecule has 2 aromatic rings. The second-order valence-corrected chi connectivity index (χ2v) is 6.15. The van der Waals surface area contributed by atoms with Crippen molar-refractivity contribution in [3.05, 3.63) is 58.9 Å². The van der Waals surface area contributed by atoms with Crippen LogP contribution in [0.5, 0.6) is 0 Å². The third-order valence-electron chi connectivity index (χ3n) is 2.64. The molecule has 0 aliphatic rings. The number of nitrogens with one attached hydrogen (secondary N) is 1. The Balaban J connectivity index is 2.38. The minimum absolute atomic E-state index is 0.0137. The van der Waals surface area contributed by atoms with Gasteiger partial charge in [0.1, 0.15) is 0 Å². The van der Waals surface area contributed by atoms with Crippen molar-refractivity contribution in [2.75, 3.05) is 4.72 Å². The number of hydrogen-bond donors (Lipinski definition) is 2. The van der Waals surface area contributed by atoms with Crippen LogP contribution < -0.4 is 10.5 Å². The fraction of sp³-hybridized carbons (Fsp3) is 0.0769. The van der Waals surface area contributed by atoms with E-state index in [-0.39, 0.29) is 22.2 Å². The zero-order valence-corrected chi connectivity index (χ0v) is 11.9. The molecule has 2 aromatic carbocycles. The maximum Gasteiger partial charge on any atom is 0.261 e. The second-order valence-electron chi connectivity index (χ2n) is 4.06. The number of rotatable bonds is 4. The molecule has 2 rings (SSSR count). The van der Waals surface area contributed by atoms with Crippen molar-refractivity contribution < 1.29 is 12.8 Å². The lowest BCUT2D eigenvalue weighted by Gasteiger charge is -2.10. The Kier molecular flexibility index (Phi) is 4.27. The molecule has 0 fully saturated rings. The lowest BCUT2D eigenvalue weighted by Crippen LogP contribution is -2.14. The SMILES string of the molecule is NCc1cccc(S(=O)(=O)Nc2cccc(Cl)c2F)c1. The minimum Gasteiger partial charge on any atom is -0.326 e. The Morgan fingerprint density at radius 1 is 1.20 bits per heavy atom. The third-order valence-corrected chi connectivity index (χ3v) is 4.30. The highest BCUT2D eigenvalue weighted by Gasteiger charge is 2.17. The van der Waals surface area contributed by atoms with Crippen molar-refractivity contribution in [2.24, 2.45) is 5.73 Å². The van der Waals surface area contributed by atoms with E-state index in [2.05, 4.69) is 4.72 Å². The summed E-state index contributed by atoms with van der Waals surface area (Å²) in [6, 6.07) is 10.2. The predicted molar refractivity (Wildman–Crippen MR) is 76.6 cm³/mol. The number of sulfonamides is 1. The first-order valence-electron chi connectivity index (χ1n) is 5.70. The number of halogens is 2. The molecule has 0 heterocycles. The van der Waals surface area contributed by atoms with Gasteiger partial charge in [-0.25, -0.2) is 12.8 Å². The molecule has 0 spiro atoms. The van der Waals surface area contributed by atoms with Crippen LogP contribution in [0.15, 0.2) is 47.4 Å². The number of anilines is 1. The van der Waals surface area contributed by atoms with Crippen LogP contribution in [0.3, 0.4) is 0 Å². The molecule has 0 aliphatic heterocycles. The standard InChI is InChI=1S/C13H12ClFN2O2S/c14-11-5-2-6-12(13(11)15)17-20(18,19)10-4-1-3-9(7-10)8-16/h1-7,17H,8,16H2. The van der Waals surface area contributed by atoms with Crippen molar-refractivity contribution >= 4 is 27.3 Å². The van der Waals surface area contributed by atoms with Crippen LogP contribution in [0.2, 0.25) is 5.02 Å². The first kappa shape index (κ1) is 14.8. The fourth-order valence-corrected chi connectivity index (χ4v) is 2.93. The maximum atomic E-state index is 13.7. The van der Waals surface area contributed by atoms with Crippen LogP contribution in [-0.4, -0.2) is 8.42 Å². The zero-order valence-electron chi connectivity index (χ0n) is 10.3. The van der Waals surface area contributed by atoms with Crippen molar-refractivity contribution in [1.29, 1.82) is 0 Å². The van der Waals surface area contributed by atoms with Gasteiger partial charge in [-0.2, -0.15) is 0 Å². The molecule has 4 nitrogen and oxygen atoms in total. The van der Waals surface area contributed by atoms with Gasteiger partial charge < -0.3 is 5.73 Å². The minimum atomic E-state index is -3.89. The molecule has 0 aromatic heterocycles. The molecule has 0 saturated heterocycles. The highest BCUT2D eigenvalue weighted by molar-refractivity contribution is 7.92. The van der Waals surface area contributed by atoms with Crippen molar-refractivity contribution in [2.45, 2.75) is 11.4 Å². The van der Waals surface area contributed by atoms with Crippen molar-refractivity contribution in [3.63, 3.8) is 0 Å². The Hall–Kier alpha value is -1.63. The molecular formula is C13H12ClFN2O2S. The first-order chi connectivity index (χ1) is 9.44. The average molecular weight is 315 g/mol. The molecule has 7 heteroatoms. The molecule has 0 amide bonds. The quantitative estimate of drug-likeness (QED) is 0.911. The van der Waals surface area contributed by atoms with Gasteiger partial charge in [-0.3, -0.25) is 4.72 Å². The van der Waals surface area contributed by atoms with E-state index >= 15 is 0 Å². The van der Waals surface area contributed by atoms with Gasteiger partial charge in [-0.05, 0) is 29.8 Å². The fourth-order valence-electron chi connectivity index (χ4n) is 1.63. The van der Waals surface area contributed by atoms with Crippen LogP contribution in [0, 0.1) is 5.82 Å². The Labute approximate surface area is 121 Å². The summed E-state index contributed by atoms with van der Waals surface area (Å²) >= 11 is 5.61. The molecule has 0 aliphatic carbocycles. The second kappa shape index (κ2) is 5.78. The predicted octanol–water partition coefficient (Wildman–Crippen LogP) is 2.74.